The van der Waals surface area contributed by atoms with Gasteiger partial charge in [0.1, 0.15) is 0 Å². The third kappa shape index (κ3) is 4.04. The van der Waals surface area contributed by atoms with E-state index in [9.17, 15) is 23.1 Å². The van der Waals surface area contributed by atoms with E-state index in [0.29, 0.717) is 35.0 Å². The molecule has 0 saturated carbocycles. The molecule has 0 fully saturated rings. The van der Waals surface area contributed by atoms with Gasteiger partial charge in [-0.05, 0) is 37.3 Å². The van der Waals surface area contributed by atoms with Crippen LogP contribution in [-0.4, -0.2) is 28.8 Å². The van der Waals surface area contributed by atoms with Crippen molar-refractivity contribution in [3.8, 4) is 0 Å². The lowest BCUT2D eigenvalue weighted by Crippen LogP contribution is -2.24. The van der Waals surface area contributed by atoms with Crippen LogP contribution in [0.3, 0.4) is 0 Å². The Morgan fingerprint density at radius 2 is 2.14 bits per heavy atom. The van der Waals surface area contributed by atoms with Crippen molar-refractivity contribution in [1.82, 2.24) is 4.98 Å². The number of aromatic nitrogens is 1. The van der Waals surface area contributed by atoms with Crippen LogP contribution < -0.4 is 5.73 Å². The van der Waals surface area contributed by atoms with Crippen LogP contribution >= 0.6 is 0 Å². The molecule has 1 aliphatic carbocycles. The van der Waals surface area contributed by atoms with Crippen molar-refractivity contribution in [2.45, 2.75) is 44.7 Å². The molecule has 1 heterocycles. The van der Waals surface area contributed by atoms with Crippen LogP contribution in [0.2, 0.25) is 0 Å². The molecule has 1 aliphatic rings. The van der Waals surface area contributed by atoms with Gasteiger partial charge < -0.3 is 10.8 Å². The summed E-state index contributed by atoms with van der Waals surface area (Å²) < 4.78 is 38.9. The second kappa shape index (κ2) is 7.91. The number of pyridine rings is 1. The molecule has 1 aromatic carbocycles. The van der Waals surface area contributed by atoms with Gasteiger partial charge in [-0.2, -0.15) is 13.2 Å². The monoisotopic (exact) mass is 392 g/mol. The standard InChI is InChI=1S/C21H23F3N2O2/c1-12(9-10-27)18-17(20(25)28)11-14-3-2-4-16(19(14)26-18)13-5-7-15(8-6-13)21(22,23)24/h2-5,11-12,15,27H,6-10H2,1H3,(H2,25,28)/t12-,15?/m1/s1. The lowest BCUT2D eigenvalue weighted by Gasteiger charge is -2.25. The number of rotatable bonds is 5. The van der Waals surface area contributed by atoms with Crippen LogP contribution in [0.15, 0.2) is 30.3 Å². The number of carbonyl (C=O) groups excluding carboxylic acids is 1. The predicted octanol–water partition coefficient (Wildman–Crippen LogP) is 4.57. The highest BCUT2D eigenvalue weighted by Gasteiger charge is 2.39. The molecule has 2 atom stereocenters. The summed E-state index contributed by atoms with van der Waals surface area (Å²) in [6, 6.07) is 7.14. The van der Waals surface area contributed by atoms with Gasteiger partial charge in [0.2, 0.25) is 0 Å². The number of allylic oxidation sites excluding steroid dienone is 2. The number of alkyl halides is 3. The normalized spacial score (nSPS) is 18.8. The number of hydrogen-bond donors (Lipinski definition) is 2. The zero-order chi connectivity index (χ0) is 20.5. The molecule has 0 bridgehead atoms. The summed E-state index contributed by atoms with van der Waals surface area (Å²) in [4.78, 5) is 16.6. The van der Waals surface area contributed by atoms with Gasteiger partial charge in [-0.15, -0.1) is 0 Å². The highest BCUT2D eigenvalue weighted by Crippen LogP contribution is 2.40. The van der Waals surface area contributed by atoms with Crippen LogP contribution in [-0.2, 0) is 0 Å². The summed E-state index contributed by atoms with van der Waals surface area (Å²) >= 11 is 0. The largest absolute Gasteiger partial charge is 0.396 e. The molecule has 0 aliphatic heterocycles. The Bertz CT molecular complexity index is 922. The number of nitrogens with two attached hydrogens (primary N) is 1. The fourth-order valence-corrected chi connectivity index (χ4v) is 3.75. The topological polar surface area (TPSA) is 76.2 Å². The van der Waals surface area contributed by atoms with Gasteiger partial charge >= 0.3 is 6.18 Å². The zero-order valence-electron chi connectivity index (χ0n) is 15.6. The highest BCUT2D eigenvalue weighted by molar-refractivity contribution is 6.00. The van der Waals surface area contributed by atoms with E-state index in [0.717, 1.165) is 11.1 Å². The molecule has 2 aromatic rings. The number of fused-ring (bicyclic) bond motifs is 1. The second-order valence-electron chi connectivity index (χ2n) is 7.32. The third-order valence-electron chi connectivity index (χ3n) is 5.39. The van der Waals surface area contributed by atoms with E-state index in [2.05, 4.69) is 4.98 Å². The first-order chi connectivity index (χ1) is 13.2. The maximum atomic E-state index is 13.0. The summed E-state index contributed by atoms with van der Waals surface area (Å²) in [5.74, 6) is -2.08. The minimum Gasteiger partial charge on any atom is -0.396 e. The fourth-order valence-electron chi connectivity index (χ4n) is 3.75. The molecule has 4 nitrogen and oxygen atoms in total. The Hall–Kier alpha value is -2.41. The average molecular weight is 392 g/mol. The molecule has 1 amide bonds. The first-order valence-corrected chi connectivity index (χ1v) is 9.32. The smallest absolute Gasteiger partial charge is 0.392 e. The molecular weight excluding hydrogens is 369 g/mol. The van der Waals surface area contributed by atoms with Gasteiger partial charge in [-0.1, -0.05) is 31.2 Å². The molecular formula is C21H23F3N2O2. The van der Waals surface area contributed by atoms with Gasteiger partial charge in [0.05, 0.1) is 22.7 Å². The highest BCUT2D eigenvalue weighted by atomic mass is 19.4. The Labute approximate surface area is 161 Å². The van der Waals surface area contributed by atoms with E-state index >= 15 is 0 Å². The maximum Gasteiger partial charge on any atom is 0.392 e. The zero-order valence-corrected chi connectivity index (χ0v) is 15.6. The number of para-hydroxylation sites is 1. The lowest BCUT2D eigenvalue weighted by molar-refractivity contribution is -0.175. The average Bonchev–Trinajstić information content (AvgIpc) is 2.66. The van der Waals surface area contributed by atoms with Gasteiger partial charge in [0, 0.05) is 23.5 Å². The Kier molecular flexibility index (Phi) is 5.74. The van der Waals surface area contributed by atoms with Gasteiger partial charge in [0.25, 0.3) is 5.91 Å². The minimum atomic E-state index is -4.18. The molecule has 0 radical (unpaired) electrons. The Morgan fingerprint density at radius 3 is 2.71 bits per heavy atom. The molecule has 3 rings (SSSR count). The number of primary amides is 1. The molecule has 1 aromatic heterocycles. The number of carbonyl (C=O) groups is 1. The summed E-state index contributed by atoms with van der Waals surface area (Å²) in [5.41, 5.74) is 8.59. The molecule has 0 spiro atoms. The van der Waals surface area contributed by atoms with Crippen molar-refractivity contribution >= 4 is 22.4 Å². The molecule has 3 N–H and O–H groups in total. The number of halogens is 3. The minimum absolute atomic E-state index is 0.0393. The van der Waals surface area contributed by atoms with Crippen molar-refractivity contribution in [3.05, 3.63) is 47.2 Å². The molecule has 150 valence electrons. The van der Waals surface area contributed by atoms with E-state index < -0.39 is 18.0 Å². The summed E-state index contributed by atoms with van der Waals surface area (Å²) in [5, 5.41) is 9.96. The van der Waals surface area contributed by atoms with E-state index in [4.69, 9.17) is 5.73 Å². The van der Waals surface area contributed by atoms with Crippen molar-refractivity contribution in [3.63, 3.8) is 0 Å². The number of aliphatic hydroxyl groups is 1. The third-order valence-corrected chi connectivity index (χ3v) is 5.39. The van der Waals surface area contributed by atoms with E-state index in [1.165, 1.54) is 0 Å². The fraction of sp³-hybridized carbons (Fsp3) is 0.429. The summed E-state index contributed by atoms with van der Waals surface area (Å²) in [7, 11) is 0. The van der Waals surface area contributed by atoms with Crippen molar-refractivity contribution in [1.29, 1.82) is 0 Å². The summed E-state index contributed by atoms with van der Waals surface area (Å²) in [6.45, 7) is 1.80. The number of hydrogen-bond acceptors (Lipinski definition) is 3. The van der Waals surface area contributed by atoms with Gasteiger partial charge in [-0.25, -0.2) is 0 Å². The number of nitrogens with zero attached hydrogens (tertiary/aromatic N) is 1. The van der Waals surface area contributed by atoms with E-state index in [1.54, 1.807) is 24.3 Å². The molecule has 0 saturated heterocycles. The second-order valence-corrected chi connectivity index (χ2v) is 7.32. The molecule has 7 heteroatoms. The number of aliphatic hydroxyl groups excluding tert-OH is 1. The van der Waals surface area contributed by atoms with Crippen LogP contribution in [0.4, 0.5) is 13.2 Å². The van der Waals surface area contributed by atoms with Crippen LogP contribution in [0.5, 0.6) is 0 Å². The van der Waals surface area contributed by atoms with Gasteiger partial charge in [0.15, 0.2) is 0 Å². The number of amides is 1. The van der Waals surface area contributed by atoms with Crippen molar-refractivity contribution in [2.24, 2.45) is 11.7 Å². The lowest BCUT2D eigenvalue weighted by atomic mass is 9.85. The predicted molar refractivity (Wildman–Crippen MR) is 102 cm³/mol. The van der Waals surface area contributed by atoms with Crippen LogP contribution in [0.1, 0.15) is 60.1 Å². The van der Waals surface area contributed by atoms with Crippen molar-refractivity contribution < 1.29 is 23.1 Å². The first kappa shape index (κ1) is 20.3. The quantitative estimate of drug-likeness (QED) is 0.783. The van der Waals surface area contributed by atoms with Gasteiger partial charge in [-0.3, -0.25) is 9.78 Å². The van der Waals surface area contributed by atoms with E-state index in [1.807, 2.05) is 13.0 Å². The van der Waals surface area contributed by atoms with Crippen LogP contribution in [0.25, 0.3) is 16.5 Å². The van der Waals surface area contributed by atoms with Crippen molar-refractivity contribution in [2.75, 3.05) is 6.61 Å². The van der Waals surface area contributed by atoms with Crippen LogP contribution in [0, 0.1) is 5.92 Å². The number of benzene rings is 1. The first-order valence-electron chi connectivity index (χ1n) is 9.32. The molecule has 28 heavy (non-hydrogen) atoms. The molecule has 1 unspecified atom stereocenters. The Balaban J connectivity index is 2.08. The Morgan fingerprint density at radius 1 is 1.39 bits per heavy atom. The van der Waals surface area contributed by atoms with E-state index in [-0.39, 0.29) is 25.4 Å². The SMILES string of the molecule is C[C@H](CCO)c1nc2c(C3=CCC(C(F)(F)F)CC3)cccc2cc1C(N)=O. The summed E-state index contributed by atoms with van der Waals surface area (Å²) in [6.07, 6.45) is -1.76. The maximum absolute atomic E-state index is 13.0.